The molecule has 9 heteroatoms. The molecule has 0 aromatic rings. The molecule has 0 aliphatic rings. The van der Waals surface area contributed by atoms with Crippen molar-refractivity contribution in [1.29, 1.82) is 0 Å². The highest BCUT2D eigenvalue weighted by Gasteiger charge is 2.51. The van der Waals surface area contributed by atoms with Crippen LogP contribution in [0.5, 0.6) is 0 Å². The summed E-state index contributed by atoms with van der Waals surface area (Å²) in [6, 6.07) is 0. The molecule has 0 saturated carbocycles. The molecule has 0 aliphatic heterocycles. The fourth-order valence-electron chi connectivity index (χ4n) is 2.55. The number of hydrogen-bond acceptors (Lipinski definition) is 7. The van der Waals surface area contributed by atoms with Crippen molar-refractivity contribution in [2.24, 2.45) is 0 Å². The van der Waals surface area contributed by atoms with E-state index in [1.807, 2.05) is 12.2 Å². The zero-order chi connectivity index (χ0) is 20.8. The van der Waals surface area contributed by atoms with Gasteiger partial charge in [0.25, 0.3) is 0 Å². The second-order valence-electron chi connectivity index (χ2n) is 5.86. The van der Waals surface area contributed by atoms with Crippen LogP contribution in [0.15, 0.2) is 22.9 Å². The van der Waals surface area contributed by atoms with E-state index >= 15 is 0 Å². The number of allylic oxidation sites excluding steroid dienone is 2. The maximum Gasteiger partial charge on any atom is 0.573 e. The van der Waals surface area contributed by atoms with Crippen molar-refractivity contribution in [1.82, 2.24) is 0 Å². The first kappa shape index (κ1) is 26.5. The first-order valence-corrected chi connectivity index (χ1v) is 12.8. The summed E-state index contributed by atoms with van der Waals surface area (Å²) in [7, 11) is 3.02. The average molecular weight is 423 g/mol. The van der Waals surface area contributed by atoms with E-state index in [-0.39, 0.29) is 0 Å². The van der Waals surface area contributed by atoms with Gasteiger partial charge in [0.1, 0.15) is 0 Å². The molecule has 27 heavy (non-hydrogen) atoms. The van der Waals surface area contributed by atoms with Gasteiger partial charge in [-0.05, 0) is 37.8 Å². The molecule has 0 heterocycles. The Kier molecular flexibility index (Phi) is 14.2. The zero-order valence-electron chi connectivity index (χ0n) is 18.3. The summed E-state index contributed by atoms with van der Waals surface area (Å²) in [5.41, 5.74) is 0. The lowest BCUT2D eigenvalue weighted by Gasteiger charge is -2.31. The Morgan fingerprint density at radius 1 is 0.593 bits per heavy atom. The SMILES string of the molecule is CCCC/C=C(\O/C(=C\CCCC)[Si](OC)(OC)OC)[Si](OC)(OC)OC. The van der Waals surface area contributed by atoms with Gasteiger partial charge in [-0.1, -0.05) is 26.7 Å². The van der Waals surface area contributed by atoms with Gasteiger partial charge in [-0.3, -0.25) is 0 Å². The maximum absolute atomic E-state index is 6.32. The van der Waals surface area contributed by atoms with Gasteiger partial charge in [0.05, 0.1) is 0 Å². The van der Waals surface area contributed by atoms with Crippen molar-refractivity contribution in [2.45, 2.75) is 52.4 Å². The van der Waals surface area contributed by atoms with Crippen LogP contribution in [-0.4, -0.2) is 60.3 Å². The summed E-state index contributed by atoms with van der Waals surface area (Å²) in [5.74, 6) is 0. The van der Waals surface area contributed by atoms with Gasteiger partial charge in [0.15, 0.2) is 10.8 Å². The highest BCUT2D eigenvalue weighted by atomic mass is 28.4. The molecule has 160 valence electrons. The molecule has 0 unspecified atom stereocenters. The van der Waals surface area contributed by atoms with Crippen LogP contribution in [0.2, 0.25) is 0 Å². The van der Waals surface area contributed by atoms with Gasteiger partial charge in [-0.25, -0.2) is 0 Å². The van der Waals surface area contributed by atoms with E-state index in [1.165, 1.54) is 0 Å². The molecule has 0 aliphatic carbocycles. The van der Waals surface area contributed by atoms with Crippen molar-refractivity contribution in [3.8, 4) is 0 Å². The van der Waals surface area contributed by atoms with E-state index in [9.17, 15) is 0 Å². The topological polar surface area (TPSA) is 64.6 Å². The number of unbranched alkanes of at least 4 members (excludes halogenated alkanes) is 4. The van der Waals surface area contributed by atoms with Gasteiger partial charge < -0.3 is 31.3 Å². The molecular weight excluding hydrogens is 384 g/mol. The highest BCUT2D eigenvalue weighted by Crippen LogP contribution is 2.28. The van der Waals surface area contributed by atoms with Gasteiger partial charge in [0.2, 0.25) is 0 Å². The normalized spacial score (nSPS) is 13.9. The monoisotopic (exact) mass is 422 g/mol. The third kappa shape index (κ3) is 7.43. The number of hydrogen-bond donors (Lipinski definition) is 0. The summed E-state index contributed by atoms with van der Waals surface area (Å²) in [4.78, 5) is 0. The Balaban J connectivity index is 6.03. The minimum Gasteiger partial charge on any atom is -0.460 e. The van der Waals surface area contributed by atoms with Crippen molar-refractivity contribution in [3.05, 3.63) is 22.9 Å². The largest absolute Gasteiger partial charge is 0.573 e. The molecular formula is C18H38O7Si2. The quantitative estimate of drug-likeness (QED) is 0.212. The molecule has 0 aromatic heterocycles. The second-order valence-corrected chi connectivity index (χ2v) is 11.5. The molecule has 0 bridgehead atoms. The minimum absolute atomic E-state index is 0.522. The second kappa shape index (κ2) is 14.5. The molecule has 7 nitrogen and oxygen atoms in total. The fourth-order valence-corrected chi connectivity index (χ4v) is 6.12. The molecule has 0 atom stereocenters. The minimum atomic E-state index is -3.17. The Morgan fingerprint density at radius 2 is 0.889 bits per heavy atom. The zero-order valence-corrected chi connectivity index (χ0v) is 20.3. The van der Waals surface area contributed by atoms with E-state index in [1.54, 1.807) is 42.7 Å². The Bertz CT molecular complexity index is 390. The summed E-state index contributed by atoms with van der Waals surface area (Å²) < 4.78 is 40.1. The fraction of sp³-hybridized carbons (Fsp3) is 0.778. The lowest BCUT2D eigenvalue weighted by molar-refractivity contribution is 0.0925. The van der Waals surface area contributed by atoms with Crippen LogP contribution >= 0.6 is 0 Å². The number of rotatable bonds is 16. The van der Waals surface area contributed by atoms with Crippen molar-refractivity contribution >= 4 is 17.6 Å². The first-order chi connectivity index (χ1) is 13.0. The van der Waals surface area contributed by atoms with Crippen LogP contribution < -0.4 is 0 Å². The first-order valence-electron chi connectivity index (χ1n) is 9.39. The van der Waals surface area contributed by atoms with Crippen LogP contribution in [0.4, 0.5) is 0 Å². The van der Waals surface area contributed by atoms with Gasteiger partial charge in [-0.15, -0.1) is 0 Å². The van der Waals surface area contributed by atoms with Crippen molar-refractivity contribution in [3.63, 3.8) is 0 Å². The maximum atomic E-state index is 6.32. The molecule has 0 N–H and O–H groups in total. The summed E-state index contributed by atoms with van der Waals surface area (Å²) in [6.45, 7) is 4.27. The lowest BCUT2D eigenvalue weighted by atomic mass is 10.2. The third-order valence-corrected chi connectivity index (χ3v) is 9.25. The van der Waals surface area contributed by atoms with E-state index in [2.05, 4.69) is 13.8 Å². The molecule has 0 spiro atoms. The van der Waals surface area contributed by atoms with Crippen LogP contribution in [-0.2, 0) is 31.3 Å². The smallest absolute Gasteiger partial charge is 0.460 e. The number of ether oxygens (including phenoxy) is 1. The highest BCUT2D eigenvalue weighted by molar-refractivity contribution is 6.70. The third-order valence-electron chi connectivity index (χ3n) is 4.21. The Hall–Kier alpha value is -0.526. The van der Waals surface area contributed by atoms with E-state index < -0.39 is 17.6 Å². The Labute approximate surface area is 167 Å². The van der Waals surface area contributed by atoms with Crippen LogP contribution in [0.1, 0.15) is 52.4 Å². The van der Waals surface area contributed by atoms with Crippen molar-refractivity contribution in [2.75, 3.05) is 42.7 Å². The molecule has 0 aromatic carbocycles. The van der Waals surface area contributed by atoms with Crippen molar-refractivity contribution < 1.29 is 31.3 Å². The van der Waals surface area contributed by atoms with Gasteiger partial charge >= 0.3 is 17.6 Å². The van der Waals surface area contributed by atoms with Crippen LogP contribution in [0.3, 0.4) is 0 Å². The van der Waals surface area contributed by atoms with E-state index in [0.29, 0.717) is 10.8 Å². The van der Waals surface area contributed by atoms with Gasteiger partial charge in [0, 0.05) is 42.7 Å². The predicted octanol–water partition coefficient (Wildman–Crippen LogP) is 3.99. The summed E-state index contributed by atoms with van der Waals surface area (Å²) >= 11 is 0. The lowest BCUT2D eigenvalue weighted by Crippen LogP contribution is -2.50. The molecule has 0 saturated heterocycles. The van der Waals surface area contributed by atoms with E-state index in [0.717, 1.165) is 38.5 Å². The molecule has 0 amide bonds. The van der Waals surface area contributed by atoms with Crippen LogP contribution in [0, 0.1) is 0 Å². The average Bonchev–Trinajstić information content (AvgIpc) is 2.71. The summed E-state index contributed by atoms with van der Waals surface area (Å²) in [6.07, 6.45) is 9.76. The standard InChI is InChI=1S/C18H38O7Si2/c1-9-11-13-15-17(26(19-3,20-4)21-5)25-18(16-14-12-10-2)27(22-6,23-7)24-8/h15-16H,9-14H2,1-8H3/b17-15+,18-16+. The molecule has 0 radical (unpaired) electrons. The van der Waals surface area contributed by atoms with E-state index in [4.69, 9.17) is 31.3 Å². The Morgan fingerprint density at radius 3 is 1.11 bits per heavy atom. The van der Waals surface area contributed by atoms with Crippen LogP contribution in [0.25, 0.3) is 0 Å². The predicted molar refractivity (Wildman–Crippen MR) is 110 cm³/mol. The molecule has 0 rings (SSSR count). The molecule has 0 fully saturated rings. The van der Waals surface area contributed by atoms with Gasteiger partial charge in [-0.2, -0.15) is 0 Å². The summed E-state index contributed by atoms with van der Waals surface area (Å²) in [5, 5.41) is 1.04.